The zero-order valence-corrected chi connectivity index (χ0v) is 11.5. The molecule has 0 spiro atoms. The summed E-state index contributed by atoms with van der Waals surface area (Å²) < 4.78 is 27.2. The van der Waals surface area contributed by atoms with E-state index in [0.29, 0.717) is 18.2 Å². The van der Waals surface area contributed by atoms with Crippen LogP contribution in [0.1, 0.15) is 12.8 Å². The first-order valence-corrected chi connectivity index (χ1v) is 6.95. The second-order valence-electron chi connectivity index (χ2n) is 5.07. The van der Waals surface area contributed by atoms with Gasteiger partial charge in [0.1, 0.15) is 0 Å². The molecule has 1 aliphatic heterocycles. The van der Waals surface area contributed by atoms with Gasteiger partial charge < -0.3 is 10.6 Å². The van der Waals surface area contributed by atoms with Gasteiger partial charge in [0, 0.05) is 30.9 Å². The van der Waals surface area contributed by atoms with Gasteiger partial charge in [-0.1, -0.05) is 6.07 Å². The molecular formula is C15H16F2N4. The number of nitrogens with zero attached hydrogens (tertiary/aromatic N) is 3. The van der Waals surface area contributed by atoms with Crippen molar-refractivity contribution >= 4 is 5.95 Å². The van der Waals surface area contributed by atoms with Gasteiger partial charge in [-0.25, -0.2) is 18.7 Å². The van der Waals surface area contributed by atoms with Crippen molar-refractivity contribution < 1.29 is 8.78 Å². The molecule has 2 heterocycles. The summed E-state index contributed by atoms with van der Waals surface area (Å²) in [5.74, 6) is -1.25. The Morgan fingerprint density at radius 2 is 2.14 bits per heavy atom. The molecule has 0 aliphatic carbocycles. The van der Waals surface area contributed by atoms with Crippen LogP contribution in [0.25, 0.3) is 11.3 Å². The summed E-state index contributed by atoms with van der Waals surface area (Å²) >= 11 is 0. The number of anilines is 1. The fraction of sp³-hybridized carbons (Fsp3) is 0.333. The normalized spacial score (nSPS) is 18.2. The van der Waals surface area contributed by atoms with Crippen LogP contribution in [0.4, 0.5) is 14.7 Å². The maximum absolute atomic E-state index is 13.9. The zero-order valence-electron chi connectivity index (χ0n) is 11.5. The van der Waals surface area contributed by atoms with Crippen molar-refractivity contribution in [3.05, 3.63) is 42.1 Å². The van der Waals surface area contributed by atoms with Gasteiger partial charge in [0.2, 0.25) is 5.95 Å². The maximum Gasteiger partial charge on any atom is 0.226 e. The fourth-order valence-corrected chi connectivity index (χ4v) is 2.68. The molecule has 0 saturated carbocycles. The van der Waals surface area contributed by atoms with E-state index in [1.54, 1.807) is 12.3 Å². The van der Waals surface area contributed by atoms with Gasteiger partial charge >= 0.3 is 0 Å². The minimum absolute atomic E-state index is 0.141. The summed E-state index contributed by atoms with van der Waals surface area (Å²) in [4.78, 5) is 10.6. The molecule has 1 unspecified atom stereocenters. The van der Waals surface area contributed by atoms with E-state index in [2.05, 4.69) is 9.97 Å². The fourth-order valence-electron chi connectivity index (χ4n) is 2.68. The largest absolute Gasteiger partial charge is 0.337 e. The van der Waals surface area contributed by atoms with Crippen LogP contribution in [0.3, 0.4) is 0 Å². The van der Waals surface area contributed by atoms with Gasteiger partial charge in [-0.2, -0.15) is 0 Å². The Morgan fingerprint density at radius 3 is 2.95 bits per heavy atom. The second-order valence-corrected chi connectivity index (χ2v) is 5.07. The van der Waals surface area contributed by atoms with E-state index in [-0.39, 0.29) is 11.6 Å². The highest BCUT2D eigenvalue weighted by atomic mass is 19.2. The summed E-state index contributed by atoms with van der Waals surface area (Å²) in [5.41, 5.74) is 6.26. The van der Waals surface area contributed by atoms with Crippen molar-refractivity contribution in [2.45, 2.75) is 18.9 Å². The first-order valence-electron chi connectivity index (χ1n) is 6.95. The summed E-state index contributed by atoms with van der Waals surface area (Å²) in [5, 5.41) is 0. The van der Waals surface area contributed by atoms with Gasteiger partial charge in [0.15, 0.2) is 11.6 Å². The highest BCUT2D eigenvalue weighted by Crippen LogP contribution is 2.26. The van der Waals surface area contributed by atoms with Crippen molar-refractivity contribution in [2.75, 3.05) is 18.0 Å². The molecule has 0 amide bonds. The number of benzene rings is 1. The average Bonchev–Trinajstić information content (AvgIpc) is 2.99. The smallest absolute Gasteiger partial charge is 0.226 e. The van der Waals surface area contributed by atoms with Gasteiger partial charge in [0.25, 0.3) is 0 Å². The third kappa shape index (κ3) is 2.58. The number of halogens is 2. The molecule has 3 rings (SSSR count). The van der Waals surface area contributed by atoms with E-state index in [1.807, 2.05) is 4.90 Å². The molecule has 1 atom stereocenters. The Labute approximate surface area is 121 Å². The number of aromatic nitrogens is 2. The third-order valence-electron chi connectivity index (χ3n) is 3.78. The van der Waals surface area contributed by atoms with Crippen LogP contribution < -0.4 is 10.6 Å². The predicted molar refractivity (Wildman–Crippen MR) is 76.8 cm³/mol. The monoisotopic (exact) mass is 290 g/mol. The topological polar surface area (TPSA) is 55.0 Å². The van der Waals surface area contributed by atoms with Crippen LogP contribution in [-0.4, -0.2) is 29.1 Å². The summed E-state index contributed by atoms with van der Waals surface area (Å²) in [6.45, 7) is 1.36. The van der Waals surface area contributed by atoms with Gasteiger partial charge in [-0.05, 0) is 31.0 Å². The molecule has 0 radical (unpaired) electrons. The number of hydrogen-bond donors (Lipinski definition) is 1. The standard InChI is InChI=1S/C15H16F2N4/c16-12-5-1-4-11(14(12)17)13-6-7-19-15(20-13)21-8-2-3-10(21)9-18/h1,4-7,10H,2-3,8-9,18H2. The van der Waals surface area contributed by atoms with Crippen LogP contribution in [-0.2, 0) is 0 Å². The molecule has 2 aromatic rings. The van der Waals surface area contributed by atoms with Crippen LogP contribution in [0.2, 0.25) is 0 Å². The highest BCUT2D eigenvalue weighted by Gasteiger charge is 2.25. The van der Waals surface area contributed by atoms with E-state index in [0.717, 1.165) is 25.5 Å². The summed E-state index contributed by atoms with van der Waals surface area (Å²) in [6, 6.07) is 5.85. The molecule has 21 heavy (non-hydrogen) atoms. The Balaban J connectivity index is 1.98. The number of rotatable bonds is 3. The summed E-state index contributed by atoms with van der Waals surface area (Å²) in [6.07, 6.45) is 3.59. The van der Waals surface area contributed by atoms with Crippen LogP contribution in [0.5, 0.6) is 0 Å². The third-order valence-corrected chi connectivity index (χ3v) is 3.78. The maximum atomic E-state index is 13.9. The van der Waals surface area contributed by atoms with Crippen molar-refractivity contribution in [3.8, 4) is 11.3 Å². The Kier molecular flexibility index (Phi) is 3.79. The minimum atomic E-state index is -0.890. The molecule has 2 N–H and O–H groups in total. The van der Waals surface area contributed by atoms with Crippen molar-refractivity contribution in [2.24, 2.45) is 5.73 Å². The molecular weight excluding hydrogens is 274 g/mol. The molecule has 1 saturated heterocycles. The van der Waals surface area contributed by atoms with Gasteiger partial charge in [0.05, 0.1) is 5.69 Å². The lowest BCUT2D eigenvalue weighted by molar-refractivity contribution is 0.511. The van der Waals surface area contributed by atoms with Crippen molar-refractivity contribution in [1.82, 2.24) is 9.97 Å². The molecule has 1 aromatic heterocycles. The Hall–Kier alpha value is -2.08. The minimum Gasteiger partial charge on any atom is -0.337 e. The summed E-state index contributed by atoms with van der Waals surface area (Å²) in [7, 11) is 0. The lowest BCUT2D eigenvalue weighted by atomic mass is 10.1. The van der Waals surface area contributed by atoms with Crippen molar-refractivity contribution in [1.29, 1.82) is 0 Å². The molecule has 6 heteroatoms. The Morgan fingerprint density at radius 1 is 1.29 bits per heavy atom. The van der Waals surface area contributed by atoms with E-state index in [1.165, 1.54) is 12.1 Å². The first-order chi connectivity index (χ1) is 10.2. The van der Waals surface area contributed by atoms with E-state index in [4.69, 9.17) is 5.73 Å². The zero-order chi connectivity index (χ0) is 14.8. The van der Waals surface area contributed by atoms with E-state index >= 15 is 0 Å². The lowest BCUT2D eigenvalue weighted by Gasteiger charge is -2.23. The SMILES string of the molecule is NCC1CCCN1c1nccc(-c2cccc(F)c2F)n1. The molecule has 1 fully saturated rings. The van der Waals surface area contributed by atoms with E-state index in [9.17, 15) is 8.78 Å². The molecule has 0 bridgehead atoms. The average molecular weight is 290 g/mol. The predicted octanol–water partition coefficient (Wildman–Crippen LogP) is 2.35. The molecule has 1 aliphatic rings. The van der Waals surface area contributed by atoms with Crippen LogP contribution >= 0.6 is 0 Å². The lowest BCUT2D eigenvalue weighted by Crippen LogP contribution is -2.36. The van der Waals surface area contributed by atoms with Gasteiger partial charge in [-0.15, -0.1) is 0 Å². The van der Waals surface area contributed by atoms with Crippen LogP contribution in [0, 0.1) is 11.6 Å². The highest BCUT2D eigenvalue weighted by molar-refractivity contribution is 5.61. The quantitative estimate of drug-likeness (QED) is 0.942. The van der Waals surface area contributed by atoms with Crippen LogP contribution in [0.15, 0.2) is 30.5 Å². The molecule has 1 aromatic carbocycles. The van der Waals surface area contributed by atoms with Crippen molar-refractivity contribution in [3.63, 3.8) is 0 Å². The second kappa shape index (κ2) is 5.73. The first kappa shape index (κ1) is 13.9. The molecule has 4 nitrogen and oxygen atoms in total. The number of hydrogen-bond acceptors (Lipinski definition) is 4. The molecule has 110 valence electrons. The van der Waals surface area contributed by atoms with Gasteiger partial charge in [-0.3, -0.25) is 0 Å². The Bertz CT molecular complexity index is 647. The number of nitrogens with two attached hydrogens (primary N) is 1. The van der Waals surface area contributed by atoms with E-state index < -0.39 is 11.6 Å².